The molecule has 1 fully saturated rings. The van der Waals surface area contributed by atoms with Crippen LogP contribution in [-0.2, 0) is 37.8 Å². The van der Waals surface area contributed by atoms with E-state index in [9.17, 15) is 14.4 Å². The number of rotatable bonds is 6. The molecule has 0 saturated carbocycles. The van der Waals surface area contributed by atoms with Crippen molar-refractivity contribution in [1.29, 1.82) is 0 Å². The summed E-state index contributed by atoms with van der Waals surface area (Å²) in [6.45, 7) is 4.45. The van der Waals surface area contributed by atoms with Crippen molar-refractivity contribution in [2.45, 2.75) is 51.0 Å². The predicted molar refractivity (Wildman–Crippen MR) is 158 cm³/mol. The Labute approximate surface area is 243 Å². The van der Waals surface area contributed by atoms with Crippen LogP contribution in [0, 0.1) is 0 Å². The summed E-state index contributed by atoms with van der Waals surface area (Å²) in [5.41, 5.74) is 3.00. The molecule has 0 radical (unpaired) electrons. The van der Waals surface area contributed by atoms with E-state index in [-0.39, 0.29) is 31.0 Å². The molecule has 1 N–H and O–H groups in total. The molecule has 0 bridgehead atoms. The molecule has 9 nitrogen and oxygen atoms in total. The second kappa shape index (κ2) is 10.4. The van der Waals surface area contributed by atoms with Crippen LogP contribution in [0.4, 0.5) is 5.69 Å². The van der Waals surface area contributed by atoms with E-state index in [0.29, 0.717) is 35.5 Å². The Bertz CT molecular complexity index is 1770. The van der Waals surface area contributed by atoms with E-state index in [1.807, 2.05) is 48.5 Å². The zero-order valence-electron chi connectivity index (χ0n) is 23.5. The van der Waals surface area contributed by atoms with E-state index in [0.717, 1.165) is 41.8 Å². The molecule has 2 aromatic heterocycles. The lowest BCUT2D eigenvalue weighted by Crippen LogP contribution is -2.52. The van der Waals surface area contributed by atoms with Gasteiger partial charge < -0.3 is 24.3 Å². The average Bonchev–Trinajstić information content (AvgIpc) is 3.38. The first-order valence-electron chi connectivity index (χ1n) is 14.6. The number of pyridine rings is 2. The van der Waals surface area contributed by atoms with Crippen molar-refractivity contribution in [1.82, 2.24) is 14.9 Å². The van der Waals surface area contributed by atoms with Gasteiger partial charge in [-0.1, -0.05) is 43.3 Å². The Morgan fingerprint density at radius 1 is 1.12 bits per heavy atom. The summed E-state index contributed by atoms with van der Waals surface area (Å²) < 4.78 is 13.2. The predicted octanol–water partition coefficient (Wildman–Crippen LogP) is 3.89. The van der Waals surface area contributed by atoms with Crippen molar-refractivity contribution >= 4 is 28.5 Å². The molecule has 1 saturated heterocycles. The summed E-state index contributed by atoms with van der Waals surface area (Å²) >= 11 is 0. The number of piperazine rings is 1. The minimum atomic E-state index is -1.69. The van der Waals surface area contributed by atoms with Gasteiger partial charge in [-0.3, -0.25) is 9.59 Å². The van der Waals surface area contributed by atoms with Crippen LogP contribution >= 0.6 is 0 Å². The van der Waals surface area contributed by atoms with E-state index in [4.69, 9.17) is 14.5 Å². The Balaban J connectivity index is 1.19. The molecular weight excluding hydrogens is 532 g/mol. The van der Waals surface area contributed by atoms with Crippen LogP contribution in [0.5, 0.6) is 0 Å². The van der Waals surface area contributed by atoms with Crippen LogP contribution in [0.2, 0.25) is 0 Å². The molecule has 3 aliphatic heterocycles. The smallest absolute Gasteiger partial charge is 0.355 e. The maximum atomic E-state index is 13.8. The maximum Gasteiger partial charge on any atom is 0.355 e. The Kier molecular flexibility index (Phi) is 6.54. The number of nitrogens with one attached hydrogen (secondary N) is 1. The molecule has 0 spiro atoms. The summed E-state index contributed by atoms with van der Waals surface area (Å²) in [5, 5.41) is 4.41. The normalized spacial score (nSPS) is 20.9. The summed E-state index contributed by atoms with van der Waals surface area (Å²) in [5.74, 6) is -1.14. The number of benzene rings is 2. The maximum absolute atomic E-state index is 13.8. The number of esters is 2. The van der Waals surface area contributed by atoms with Crippen molar-refractivity contribution in [3.05, 3.63) is 93.8 Å². The number of hydrogen-bond donors (Lipinski definition) is 1. The second-order valence-corrected chi connectivity index (χ2v) is 11.2. The summed E-state index contributed by atoms with van der Waals surface area (Å²) in [4.78, 5) is 47.7. The monoisotopic (exact) mass is 564 g/mol. The Hall–Kier alpha value is -4.50. The van der Waals surface area contributed by atoms with E-state index < -0.39 is 17.5 Å². The quantitative estimate of drug-likeness (QED) is 0.310. The molecule has 2 aromatic carbocycles. The number of nitrogens with zero attached hydrogens (tertiary/aromatic N) is 3. The fourth-order valence-electron chi connectivity index (χ4n) is 6.59. The Morgan fingerprint density at radius 2 is 1.93 bits per heavy atom. The second-order valence-electron chi connectivity index (χ2n) is 11.2. The fourth-order valence-corrected chi connectivity index (χ4v) is 6.59. The van der Waals surface area contributed by atoms with Crippen molar-refractivity contribution in [3.63, 3.8) is 0 Å². The number of ether oxygens (including phenoxy) is 2. The van der Waals surface area contributed by atoms with Crippen LogP contribution in [0.25, 0.3) is 22.3 Å². The number of cyclic esters (lactones) is 1. The molecule has 2 unspecified atom stereocenters. The number of carbonyl (C=O) groups excluding carboxylic acids is 2. The third-order valence-corrected chi connectivity index (χ3v) is 8.79. The highest BCUT2D eigenvalue weighted by Crippen LogP contribution is 2.41. The Morgan fingerprint density at radius 3 is 2.76 bits per heavy atom. The van der Waals surface area contributed by atoms with Gasteiger partial charge in [0, 0.05) is 54.3 Å². The molecule has 2 atom stereocenters. The van der Waals surface area contributed by atoms with Gasteiger partial charge in [-0.2, -0.15) is 0 Å². The minimum absolute atomic E-state index is 0.0992. The van der Waals surface area contributed by atoms with Gasteiger partial charge in [-0.05, 0) is 43.2 Å². The van der Waals surface area contributed by atoms with E-state index >= 15 is 0 Å². The number of hydrogen-bond acceptors (Lipinski definition) is 8. The van der Waals surface area contributed by atoms with Gasteiger partial charge in [-0.15, -0.1) is 0 Å². The molecule has 7 rings (SSSR count). The average molecular weight is 565 g/mol. The van der Waals surface area contributed by atoms with E-state index in [2.05, 4.69) is 28.4 Å². The highest BCUT2D eigenvalue weighted by atomic mass is 16.6. The SMILES string of the molecule is CCC1(OC(=O)CCC2CNCCN2c2ccccc2)C(=O)OCc2c1cc1n(c2=O)Cc2cc3ccccc3nc2-1. The summed E-state index contributed by atoms with van der Waals surface area (Å²) in [6, 6.07) is 21.9. The zero-order valence-corrected chi connectivity index (χ0v) is 23.5. The lowest BCUT2D eigenvalue weighted by molar-refractivity contribution is -0.189. The van der Waals surface area contributed by atoms with Crippen molar-refractivity contribution in [3.8, 4) is 11.4 Å². The molecule has 5 heterocycles. The third kappa shape index (κ3) is 4.27. The van der Waals surface area contributed by atoms with Gasteiger partial charge in [-0.25, -0.2) is 9.78 Å². The summed E-state index contributed by atoms with van der Waals surface area (Å²) in [7, 11) is 0. The van der Waals surface area contributed by atoms with Crippen LogP contribution in [-0.4, -0.2) is 47.2 Å². The third-order valence-electron chi connectivity index (χ3n) is 8.79. The molecule has 42 heavy (non-hydrogen) atoms. The largest absolute Gasteiger partial charge is 0.457 e. The molecule has 9 heteroatoms. The molecular formula is C33H32N4O5. The molecule has 4 aromatic rings. The van der Waals surface area contributed by atoms with Crippen LogP contribution in [0.1, 0.15) is 42.9 Å². The lowest BCUT2D eigenvalue weighted by Gasteiger charge is -2.38. The van der Waals surface area contributed by atoms with Gasteiger partial charge in [0.1, 0.15) is 6.61 Å². The lowest BCUT2D eigenvalue weighted by atomic mass is 9.85. The van der Waals surface area contributed by atoms with Gasteiger partial charge in [0.05, 0.1) is 29.0 Å². The number of fused-ring (bicyclic) bond motifs is 5. The van der Waals surface area contributed by atoms with Crippen LogP contribution in [0.15, 0.2) is 71.5 Å². The standard InChI is InChI=1S/C33H32N4O5/c1-2-33(42-29(38)13-12-24-18-34-14-15-36(24)23-9-4-3-5-10-23)26-17-28-30-22(16-21-8-6-7-11-27(21)35-30)19-37(28)31(39)25(26)20-41-32(33)40/h3-11,16-17,24,34H,2,12-15,18-20H2,1H3. The van der Waals surface area contributed by atoms with Gasteiger partial charge >= 0.3 is 11.9 Å². The first-order chi connectivity index (χ1) is 20.5. The van der Waals surface area contributed by atoms with Crippen molar-refractivity contribution < 1.29 is 19.1 Å². The molecule has 214 valence electrons. The molecule has 0 amide bonds. The topological polar surface area (TPSA) is 103 Å². The molecule has 3 aliphatic rings. The number of anilines is 1. The van der Waals surface area contributed by atoms with Crippen molar-refractivity contribution in [2.24, 2.45) is 0 Å². The van der Waals surface area contributed by atoms with Gasteiger partial charge in [0.2, 0.25) is 5.60 Å². The first-order valence-corrected chi connectivity index (χ1v) is 14.6. The number of carbonyl (C=O) groups is 2. The minimum Gasteiger partial charge on any atom is -0.457 e. The fraction of sp³-hybridized carbons (Fsp3) is 0.333. The highest BCUT2D eigenvalue weighted by Gasteiger charge is 2.50. The van der Waals surface area contributed by atoms with Crippen LogP contribution < -0.4 is 15.8 Å². The highest BCUT2D eigenvalue weighted by molar-refractivity contribution is 5.88. The zero-order chi connectivity index (χ0) is 28.8. The van der Waals surface area contributed by atoms with E-state index in [1.165, 1.54) is 0 Å². The summed E-state index contributed by atoms with van der Waals surface area (Å²) in [6.07, 6.45) is 0.826. The van der Waals surface area contributed by atoms with Gasteiger partial charge in [0.15, 0.2) is 0 Å². The van der Waals surface area contributed by atoms with Crippen LogP contribution in [0.3, 0.4) is 0 Å². The van der Waals surface area contributed by atoms with Gasteiger partial charge in [0.25, 0.3) is 5.56 Å². The van der Waals surface area contributed by atoms with E-state index in [1.54, 1.807) is 11.5 Å². The number of aromatic nitrogens is 2. The number of para-hydroxylation sites is 2. The first kappa shape index (κ1) is 26.4. The van der Waals surface area contributed by atoms with Crippen molar-refractivity contribution in [2.75, 3.05) is 24.5 Å². The molecule has 0 aliphatic carbocycles.